The molecule has 3 rings (SSSR count). The van der Waals surface area contributed by atoms with Gasteiger partial charge < -0.3 is 10.6 Å². The van der Waals surface area contributed by atoms with Crippen LogP contribution in [0.1, 0.15) is 16.7 Å². The third kappa shape index (κ3) is 5.19. The SMILES string of the molecule is Cc1cc(C)cc(Nc2ccnc(NCCc3ccc(Cl)cc3)n2)c1. The van der Waals surface area contributed by atoms with E-state index in [-0.39, 0.29) is 0 Å². The van der Waals surface area contributed by atoms with Crippen LogP contribution in [0, 0.1) is 13.8 Å². The van der Waals surface area contributed by atoms with Gasteiger partial charge in [-0.15, -0.1) is 0 Å². The molecule has 2 aromatic carbocycles. The van der Waals surface area contributed by atoms with E-state index in [1.165, 1.54) is 16.7 Å². The van der Waals surface area contributed by atoms with E-state index in [1.54, 1.807) is 6.20 Å². The Morgan fingerprint density at radius 1 is 0.960 bits per heavy atom. The molecule has 0 saturated carbocycles. The highest BCUT2D eigenvalue weighted by Gasteiger charge is 2.02. The second-order valence-corrected chi connectivity index (χ2v) is 6.51. The molecule has 4 nitrogen and oxygen atoms in total. The Labute approximate surface area is 153 Å². The molecule has 1 heterocycles. The molecule has 0 aliphatic heterocycles. The van der Waals surface area contributed by atoms with Gasteiger partial charge in [0.15, 0.2) is 0 Å². The first kappa shape index (κ1) is 17.2. The Hall–Kier alpha value is -2.59. The number of aromatic nitrogens is 2. The maximum Gasteiger partial charge on any atom is 0.224 e. The van der Waals surface area contributed by atoms with Crippen LogP contribution >= 0.6 is 11.6 Å². The summed E-state index contributed by atoms with van der Waals surface area (Å²) in [4.78, 5) is 8.80. The summed E-state index contributed by atoms with van der Waals surface area (Å²) in [5.74, 6) is 1.39. The van der Waals surface area contributed by atoms with Gasteiger partial charge in [0.2, 0.25) is 5.95 Å². The van der Waals surface area contributed by atoms with Crippen LogP contribution in [0.25, 0.3) is 0 Å². The van der Waals surface area contributed by atoms with E-state index < -0.39 is 0 Å². The minimum Gasteiger partial charge on any atom is -0.354 e. The molecule has 0 amide bonds. The topological polar surface area (TPSA) is 49.8 Å². The molecule has 0 unspecified atom stereocenters. The van der Waals surface area contributed by atoms with E-state index in [4.69, 9.17) is 11.6 Å². The second kappa shape index (κ2) is 7.99. The summed E-state index contributed by atoms with van der Waals surface area (Å²) in [5, 5.41) is 7.35. The lowest BCUT2D eigenvalue weighted by Gasteiger charge is -2.10. The van der Waals surface area contributed by atoms with E-state index in [0.717, 1.165) is 29.5 Å². The molecular weight excluding hydrogens is 332 g/mol. The van der Waals surface area contributed by atoms with Crippen molar-refractivity contribution in [2.45, 2.75) is 20.3 Å². The summed E-state index contributed by atoms with van der Waals surface area (Å²) in [6, 6.07) is 16.1. The second-order valence-electron chi connectivity index (χ2n) is 6.07. The highest BCUT2D eigenvalue weighted by molar-refractivity contribution is 6.30. The number of nitrogens with zero attached hydrogens (tertiary/aromatic N) is 2. The first-order chi connectivity index (χ1) is 12.1. The average molecular weight is 353 g/mol. The maximum absolute atomic E-state index is 5.90. The first-order valence-electron chi connectivity index (χ1n) is 8.25. The Morgan fingerprint density at radius 2 is 1.68 bits per heavy atom. The summed E-state index contributed by atoms with van der Waals surface area (Å²) in [7, 11) is 0. The van der Waals surface area contributed by atoms with Gasteiger partial charge in [-0.3, -0.25) is 0 Å². The Morgan fingerprint density at radius 3 is 2.40 bits per heavy atom. The number of aryl methyl sites for hydroxylation is 2. The third-order valence-electron chi connectivity index (χ3n) is 3.76. The largest absolute Gasteiger partial charge is 0.354 e. The fourth-order valence-electron chi connectivity index (χ4n) is 2.68. The molecule has 0 aliphatic rings. The summed E-state index contributed by atoms with van der Waals surface area (Å²) in [5.41, 5.74) is 4.69. The van der Waals surface area contributed by atoms with Gasteiger partial charge in [0, 0.05) is 23.5 Å². The van der Waals surface area contributed by atoms with E-state index >= 15 is 0 Å². The molecule has 0 radical (unpaired) electrons. The lowest BCUT2D eigenvalue weighted by atomic mass is 10.1. The van der Waals surface area contributed by atoms with E-state index in [9.17, 15) is 0 Å². The van der Waals surface area contributed by atoms with Crippen LogP contribution in [0.5, 0.6) is 0 Å². The molecule has 25 heavy (non-hydrogen) atoms. The van der Waals surface area contributed by atoms with Crippen LogP contribution in [0.3, 0.4) is 0 Å². The molecule has 5 heteroatoms. The minimum absolute atomic E-state index is 0.614. The molecule has 2 N–H and O–H groups in total. The van der Waals surface area contributed by atoms with Gasteiger partial charge in [-0.05, 0) is 67.3 Å². The molecule has 0 saturated heterocycles. The normalized spacial score (nSPS) is 10.5. The molecule has 0 atom stereocenters. The van der Waals surface area contributed by atoms with E-state index in [1.807, 2.05) is 30.3 Å². The number of hydrogen-bond acceptors (Lipinski definition) is 4. The number of halogens is 1. The predicted molar refractivity (Wildman–Crippen MR) is 105 cm³/mol. The average Bonchev–Trinajstić information content (AvgIpc) is 2.56. The summed E-state index contributed by atoms with van der Waals surface area (Å²) in [6.45, 7) is 4.93. The van der Waals surface area contributed by atoms with Crippen molar-refractivity contribution >= 4 is 29.1 Å². The van der Waals surface area contributed by atoms with Crippen LogP contribution in [-0.2, 0) is 6.42 Å². The summed E-state index contributed by atoms with van der Waals surface area (Å²) in [6.07, 6.45) is 2.64. The van der Waals surface area contributed by atoms with Gasteiger partial charge in [-0.2, -0.15) is 4.98 Å². The molecule has 0 bridgehead atoms. The Balaban J connectivity index is 1.60. The lowest BCUT2D eigenvalue weighted by molar-refractivity contribution is 0.985. The monoisotopic (exact) mass is 352 g/mol. The van der Waals surface area contributed by atoms with Gasteiger partial charge in [0.05, 0.1) is 0 Å². The van der Waals surface area contributed by atoms with Gasteiger partial charge in [0.1, 0.15) is 5.82 Å². The summed E-state index contributed by atoms with van der Waals surface area (Å²) >= 11 is 5.90. The van der Waals surface area contributed by atoms with E-state index in [0.29, 0.717) is 5.95 Å². The maximum atomic E-state index is 5.90. The quantitative estimate of drug-likeness (QED) is 0.644. The van der Waals surface area contributed by atoms with Crippen molar-refractivity contribution < 1.29 is 0 Å². The van der Waals surface area contributed by atoms with Gasteiger partial charge in [-0.1, -0.05) is 29.8 Å². The number of rotatable bonds is 6. The number of anilines is 3. The van der Waals surface area contributed by atoms with Crippen molar-refractivity contribution in [3.05, 3.63) is 76.4 Å². The lowest BCUT2D eigenvalue weighted by Crippen LogP contribution is -2.08. The summed E-state index contributed by atoms with van der Waals surface area (Å²) < 4.78 is 0. The zero-order chi connectivity index (χ0) is 17.6. The first-order valence-corrected chi connectivity index (χ1v) is 8.63. The zero-order valence-corrected chi connectivity index (χ0v) is 15.1. The molecule has 0 fully saturated rings. The van der Waals surface area contributed by atoms with Crippen molar-refractivity contribution in [2.24, 2.45) is 0 Å². The number of nitrogens with one attached hydrogen (secondary N) is 2. The van der Waals surface area contributed by atoms with Crippen LogP contribution in [0.15, 0.2) is 54.7 Å². The van der Waals surface area contributed by atoms with Crippen LogP contribution in [0.4, 0.5) is 17.5 Å². The van der Waals surface area contributed by atoms with Crippen LogP contribution in [0.2, 0.25) is 5.02 Å². The van der Waals surface area contributed by atoms with Gasteiger partial charge >= 0.3 is 0 Å². The fraction of sp³-hybridized carbons (Fsp3) is 0.200. The van der Waals surface area contributed by atoms with Crippen molar-refractivity contribution in [2.75, 3.05) is 17.2 Å². The minimum atomic E-state index is 0.614. The molecule has 128 valence electrons. The van der Waals surface area contributed by atoms with E-state index in [2.05, 4.69) is 52.6 Å². The Kier molecular flexibility index (Phi) is 5.51. The molecular formula is C20H21ClN4. The third-order valence-corrected chi connectivity index (χ3v) is 4.01. The molecule has 1 aromatic heterocycles. The van der Waals surface area contributed by atoms with Crippen molar-refractivity contribution in [3.8, 4) is 0 Å². The number of benzene rings is 2. The van der Waals surface area contributed by atoms with Gasteiger partial charge in [0.25, 0.3) is 0 Å². The van der Waals surface area contributed by atoms with Crippen LogP contribution < -0.4 is 10.6 Å². The van der Waals surface area contributed by atoms with Crippen molar-refractivity contribution in [1.29, 1.82) is 0 Å². The fourth-order valence-corrected chi connectivity index (χ4v) is 2.80. The number of hydrogen-bond donors (Lipinski definition) is 2. The standard InChI is InChI=1S/C20H21ClN4/c1-14-11-15(2)13-18(12-14)24-19-8-10-23-20(25-19)22-9-7-16-3-5-17(21)6-4-16/h3-6,8,10-13H,7,9H2,1-2H3,(H2,22,23,24,25). The Bertz CT molecular complexity index is 826. The van der Waals surface area contributed by atoms with Gasteiger partial charge in [-0.25, -0.2) is 4.98 Å². The van der Waals surface area contributed by atoms with Crippen molar-refractivity contribution in [1.82, 2.24) is 9.97 Å². The zero-order valence-electron chi connectivity index (χ0n) is 14.4. The predicted octanol–water partition coefficient (Wildman–Crippen LogP) is 5.15. The smallest absolute Gasteiger partial charge is 0.224 e. The molecule has 3 aromatic rings. The molecule has 0 spiro atoms. The highest BCUT2D eigenvalue weighted by Crippen LogP contribution is 2.18. The highest BCUT2D eigenvalue weighted by atomic mass is 35.5. The van der Waals surface area contributed by atoms with Crippen LogP contribution in [-0.4, -0.2) is 16.5 Å². The van der Waals surface area contributed by atoms with Crippen molar-refractivity contribution in [3.63, 3.8) is 0 Å². The molecule has 0 aliphatic carbocycles.